The number of benzene rings is 2. The minimum atomic E-state index is -0.731. The quantitative estimate of drug-likeness (QED) is 0.505. The molecule has 2 unspecified atom stereocenters. The van der Waals surface area contributed by atoms with Gasteiger partial charge in [-0.15, -0.1) is 11.8 Å². The van der Waals surface area contributed by atoms with Crippen LogP contribution in [-0.4, -0.2) is 63.5 Å². The van der Waals surface area contributed by atoms with Gasteiger partial charge in [0.1, 0.15) is 11.8 Å². The Morgan fingerprint density at radius 2 is 1.72 bits per heavy atom. The summed E-state index contributed by atoms with van der Waals surface area (Å²) in [6, 6.07) is 15.6. The second-order valence-electron chi connectivity index (χ2n) is 9.91. The predicted octanol–water partition coefficient (Wildman–Crippen LogP) is 3.14. The third-order valence-corrected chi connectivity index (χ3v) is 9.75. The van der Waals surface area contributed by atoms with Crippen LogP contribution in [-0.2, 0) is 14.4 Å². The van der Waals surface area contributed by atoms with Gasteiger partial charge in [0.2, 0.25) is 17.7 Å². The number of thioether (sulfide) groups is 1. The number of nitrogens with zero attached hydrogens (tertiary/aromatic N) is 1. The highest BCUT2D eigenvalue weighted by Gasteiger charge is 2.77. The van der Waals surface area contributed by atoms with Crippen LogP contribution in [0.15, 0.2) is 54.6 Å². The number of anilines is 2. The maximum absolute atomic E-state index is 13.9. The van der Waals surface area contributed by atoms with Gasteiger partial charge in [-0.2, -0.15) is 0 Å². The summed E-state index contributed by atoms with van der Waals surface area (Å²) in [5.41, 5.74) is 1.29. The van der Waals surface area contributed by atoms with Crippen molar-refractivity contribution in [1.82, 2.24) is 4.90 Å². The standard InChI is InChI=1S/C27H31N3O5S/c1-26-13-14-27(36-26)21(20(26)23(32)28-17-7-4-3-5-8-17)25(34)30(15-6-16-31)22(27)24(33)29-18-9-11-19(35-2)12-10-18/h3-5,7-12,20-22,31H,6,13-16H2,1-2H3,(H,28,32)(H,29,33)/t20-,21+,22?,26+,27?/m1/s1. The van der Waals surface area contributed by atoms with Gasteiger partial charge in [0.05, 0.1) is 23.7 Å². The summed E-state index contributed by atoms with van der Waals surface area (Å²) in [5, 5.41) is 15.5. The first-order valence-electron chi connectivity index (χ1n) is 12.3. The van der Waals surface area contributed by atoms with Crippen LogP contribution >= 0.6 is 11.8 Å². The van der Waals surface area contributed by atoms with E-state index in [4.69, 9.17) is 4.74 Å². The lowest BCUT2D eigenvalue weighted by Crippen LogP contribution is -2.52. The van der Waals surface area contributed by atoms with E-state index >= 15 is 0 Å². The van der Waals surface area contributed by atoms with Crippen LogP contribution < -0.4 is 15.4 Å². The van der Waals surface area contributed by atoms with Gasteiger partial charge >= 0.3 is 0 Å². The molecule has 0 aromatic heterocycles. The monoisotopic (exact) mass is 509 g/mol. The zero-order valence-electron chi connectivity index (χ0n) is 20.4. The number of carbonyl (C=O) groups excluding carboxylic acids is 3. The highest BCUT2D eigenvalue weighted by Crippen LogP contribution is 2.71. The van der Waals surface area contributed by atoms with Gasteiger partial charge in [0.25, 0.3) is 0 Å². The SMILES string of the molecule is COc1ccc(NC(=O)C2N(CCCO)C(=O)[C@@H]3[C@H](C(=O)Nc4ccccc4)[C@]4(C)CCC23S4)cc1. The maximum Gasteiger partial charge on any atom is 0.248 e. The number of rotatable bonds is 8. The number of aliphatic hydroxyl groups is 1. The van der Waals surface area contributed by atoms with Crippen LogP contribution in [0.3, 0.4) is 0 Å². The molecule has 2 aromatic carbocycles. The summed E-state index contributed by atoms with van der Waals surface area (Å²) in [7, 11) is 1.58. The lowest BCUT2D eigenvalue weighted by atomic mass is 9.66. The molecule has 5 rings (SSSR count). The fourth-order valence-electron chi connectivity index (χ4n) is 6.24. The average molecular weight is 510 g/mol. The number of ether oxygens (including phenoxy) is 1. The molecule has 3 aliphatic heterocycles. The van der Waals surface area contributed by atoms with Crippen LogP contribution in [0.1, 0.15) is 26.2 Å². The minimum absolute atomic E-state index is 0.0863. The van der Waals surface area contributed by atoms with E-state index in [1.165, 1.54) is 0 Å². The van der Waals surface area contributed by atoms with E-state index in [-0.39, 0.29) is 30.9 Å². The van der Waals surface area contributed by atoms with E-state index in [2.05, 4.69) is 10.6 Å². The lowest BCUT2D eigenvalue weighted by Gasteiger charge is -2.34. The summed E-state index contributed by atoms with van der Waals surface area (Å²) < 4.78 is 4.06. The number of fused-ring (bicyclic) bond motifs is 1. The predicted molar refractivity (Wildman–Crippen MR) is 139 cm³/mol. The smallest absolute Gasteiger partial charge is 0.248 e. The molecule has 2 aromatic rings. The van der Waals surface area contributed by atoms with Gasteiger partial charge in [-0.25, -0.2) is 0 Å². The van der Waals surface area contributed by atoms with Crippen molar-refractivity contribution in [1.29, 1.82) is 0 Å². The second-order valence-corrected chi connectivity index (χ2v) is 11.8. The molecule has 3 heterocycles. The molecule has 1 spiro atoms. The molecule has 9 heteroatoms. The minimum Gasteiger partial charge on any atom is -0.497 e. The van der Waals surface area contributed by atoms with Gasteiger partial charge in [-0.1, -0.05) is 18.2 Å². The number of para-hydroxylation sites is 1. The molecule has 3 aliphatic rings. The lowest BCUT2D eigenvalue weighted by molar-refractivity contribution is -0.139. The Morgan fingerprint density at radius 3 is 2.39 bits per heavy atom. The van der Waals surface area contributed by atoms with Crippen LogP contribution in [0.5, 0.6) is 5.75 Å². The van der Waals surface area contributed by atoms with E-state index in [1.807, 2.05) is 37.3 Å². The number of methoxy groups -OCH3 is 1. The Bertz CT molecular complexity index is 1160. The highest BCUT2D eigenvalue weighted by atomic mass is 32.2. The van der Waals surface area contributed by atoms with Gasteiger partial charge in [-0.3, -0.25) is 14.4 Å². The van der Waals surface area contributed by atoms with Crippen LogP contribution in [0.2, 0.25) is 0 Å². The van der Waals surface area contributed by atoms with E-state index in [1.54, 1.807) is 48.0 Å². The van der Waals surface area contributed by atoms with Crippen molar-refractivity contribution in [3.8, 4) is 5.75 Å². The Labute approximate surface area is 214 Å². The molecule has 0 aliphatic carbocycles. The Morgan fingerprint density at radius 1 is 1.06 bits per heavy atom. The first-order valence-corrected chi connectivity index (χ1v) is 13.1. The van der Waals surface area contributed by atoms with E-state index in [0.29, 0.717) is 30.0 Å². The van der Waals surface area contributed by atoms with Crippen LogP contribution in [0, 0.1) is 11.8 Å². The number of carbonyl (C=O) groups is 3. The Hall–Kier alpha value is -3.04. The molecule has 8 nitrogen and oxygen atoms in total. The number of nitrogens with one attached hydrogen (secondary N) is 2. The molecule has 5 atom stereocenters. The molecular weight excluding hydrogens is 478 g/mol. The fourth-order valence-corrected chi connectivity index (χ4v) is 8.59. The molecule has 190 valence electrons. The van der Waals surface area contributed by atoms with Gasteiger partial charge in [0.15, 0.2) is 0 Å². The van der Waals surface area contributed by atoms with Gasteiger partial charge < -0.3 is 25.4 Å². The van der Waals surface area contributed by atoms with E-state index in [9.17, 15) is 19.5 Å². The first-order chi connectivity index (χ1) is 17.3. The topological polar surface area (TPSA) is 108 Å². The molecule has 3 N–H and O–H groups in total. The number of likely N-dealkylation sites (tertiary alicyclic amines) is 1. The summed E-state index contributed by atoms with van der Waals surface area (Å²) in [6.45, 7) is 2.22. The molecule has 3 saturated heterocycles. The van der Waals surface area contributed by atoms with Gasteiger partial charge in [-0.05, 0) is 62.6 Å². The number of hydrogen-bond donors (Lipinski definition) is 3. The van der Waals surface area contributed by atoms with Crippen LogP contribution in [0.4, 0.5) is 11.4 Å². The van der Waals surface area contributed by atoms with Crippen molar-refractivity contribution < 1.29 is 24.2 Å². The Kier molecular flexibility index (Phi) is 6.46. The molecule has 2 bridgehead atoms. The van der Waals surface area contributed by atoms with Crippen molar-refractivity contribution in [3.05, 3.63) is 54.6 Å². The number of amides is 3. The van der Waals surface area contributed by atoms with Crippen molar-refractivity contribution in [2.24, 2.45) is 11.8 Å². The second kappa shape index (κ2) is 9.44. The first kappa shape index (κ1) is 24.6. The fraction of sp³-hybridized carbons (Fsp3) is 0.444. The largest absolute Gasteiger partial charge is 0.497 e. The summed E-state index contributed by atoms with van der Waals surface area (Å²) >= 11 is 1.63. The number of aliphatic hydroxyl groups excluding tert-OH is 1. The molecular formula is C27H31N3O5S. The number of hydrogen-bond acceptors (Lipinski definition) is 6. The van der Waals surface area contributed by atoms with E-state index in [0.717, 1.165) is 6.42 Å². The van der Waals surface area contributed by atoms with Crippen molar-refractivity contribution in [2.45, 2.75) is 41.7 Å². The molecule has 3 fully saturated rings. The third kappa shape index (κ3) is 3.94. The molecule has 36 heavy (non-hydrogen) atoms. The zero-order valence-corrected chi connectivity index (χ0v) is 21.2. The molecule has 3 amide bonds. The van der Waals surface area contributed by atoms with Gasteiger partial charge in [0, 0.05) is 29.3 Å². The zero-order chi connectivity index (χ0) is 25.5. The Balaban J connectivity index is 1.47. The summed E-state index contributed by atoms with van der Waals surface area (Å²) in [4.78, 5) is 42.9. The molecule has 0 radical (unpaired) electrons. The van der Waals surface area contributed by atoms with E-state index < -0.39 is 27.4 Å². The van der Waals surface area contributed by atoms with Crippen molar-refractivity contribution >= 4 is 40.9 Å². The maximum atomic E-state index is 13.9. The average Bonchev–Trinajstić information content (AvgIpc) is 3.44. The van der Waals surface area contributed by atoms with Crippen LogP contribution in [0.25, 0.3) is 0 Å². The molecule has 0 saturated carbocycles. The summed E-state index contributed by atoms with van der Waals surface area (Å²) in [6.07, 6.45) is 1.79. The van der Waals surface area contributed by atoms with Crippen molar-refractivity contribution in [2.75, 3.05) is 30.9 Å². The van der Waals surface area contributed by atoms with Crippen molar-refractivity contribution in [3.63, 3.8) is 0 Å². The summed E-state index contributed by atoms with van der Waals surface area (Å²) in [5.74, 6) is -1.11. The normalized spacial score (nSPS) is 30.2. The highest BCUT2D eigenvalue weighted by molar-refractivity contribution is 8.02. The third-order valence-electron chi connectivity index (χ3n) is 7.76.